The lowest BCUT2D eigenvalue weighted by Gasteiger charge is -2.24. The lowest BCUT2D eigenvalue weighted by atomic mass is 10.1. The van der Waals surface area contributed by atoms with Gasteiger partial charge >= 0.3 is 0 Å². The summed E-state index contributed by atoms with van der Waals surface area (Å²) in [7, 11) is 0. The molecule has 0 fully saturated rings. The van der Waals surface area contributed by atoms with Gasteiger partial charge in [-0.1, -0.05) is 12.1 Å². The number of hydrogen-bond donors (Lipinski definition) is 2. The molecular weight excluding hydrogens is 301 g/mol. The number of aromatic nitrogens is 1. The molecule has 6 heteroatoms. The van der Waals surface area contributed by atoms with Crippen LogP contribution >= 0.6 is 36.2 Å². The number of halogens is 2. The van der Waals surface area contributed by atoms with E-state index in [1.165, 1.54) is 5.56 Å². The van der Waals surface area contributed by atoms with E-state index in [0.717, 1.165) is 17.2 Å². The highest BCUT2D eigenvalue weighted by Gasteiger charge is 2.22. The molecule has 2 rings (SSSR count). The van der Waals surface area contributed by atoms with E-state index in [4.69, 9.17) is 5.73 Å². The first-order valence-corrected chi connectivity index (χ1v) is 6.45. The molecule has 0 aliphatic heterocycles. The van der Waals surface area contributed by atoms with E-state index < -0.39 is 0 Å². The maximum absolute atomic E-state index is 5.75. The molecule has 0 saturated carbocycles. The van der Waals surface area contributed by atoms with Gasteiger partial charge in [-0.15, -0.1) is 36.2 Å². The molecule has 19 heavy (non-hydrogen) atoms. The number of benzene rings is 1. The monoisotopic (exact) mass is 319 g/mol. The normalized spacial score (nSPS) is 10.4. The van der Waals surface area contributed by atoms with Gasteiger partial charge in [-0.2, -0.15) is 0 Å². The van der Waals surface area contributed by atoms with Crippen LogP contribution in [0.4, 0.5) is 5.69 Å². The largest absolute Gasteiger partial charge is 0.399 e. The lowest BCUT2D eigenvalue weighted by molar-refractivity contribution is 0.399. The highest BCUT2D eigenvalue weighted by atomic mass is 35.5. The summed E-state index contributed by atoms with van der Waals surface area (Å²) in [6.45, 7) is 5.06. The zero-order chi connectivity index (χ0) is 12.3. The maximum atomic E-state index is 5.75. The van der Waals surface area contributed by atoms with Gasteiger partial charge in [-0.05, 0) is 31.5 Å². The third-order valence-electron chi connectivity index (χ3n) is 2.65. The Morgan fingerprint density at radius 2 is 2.05 bits per heavy atom. The van der Waals surface area contributed by atoms with Crippen LogP contribution in [0.2, 0.25) is 0 Å². The van der Waals surface area contributed by atoms with Crippen LogP contribution in [-0.2, 0) is 12.1 Å². The fourth-order valence-electron chi connectivity index (χ4n) is 1.63. The molecule has 0 atom stereocenters. The van der Waals surface area contributed by atoms with Gasteiger partial charge in [-0.3, -0.25) is 0 Å². The number of anilines is 1. The molecule has 1 aromatic carbocycles. The summed E-state index contributed by atoms with van der Waals surface area (Å²) >= 11 is 1.67. The molecule has 2 aromatic rings. The number of thiazole rings is 1. The average Bonchev–Trinajstić information content (AvgIpc) is 2.81. The summed E-state index contributed by atoms with van der Waals surface area (Å²) < 4.78 is 0. The van der Waals surface area contributed by atoms with E-state index in [1.54, 1.807) is 11.3 Å². The van der Waals surface area contributed by atoms with E-state index in [1.807, 2.05) is 29.8 Å². The molecule has 0 amide bonds. The molecule has 0 bridgehead atoms. The van der Waals surface area contributed by atoms with Crippen molar-refractivity contribution in [3.05, 3.63) is 46.4 Å². The first-order chi connectivity index (χ1) is 8.08. The molecular formula is C13H19Cl2N3S. The summed E-state index contributed by atoms with van der Waals surface area (Å²) in [5, 5.41) is 6.60. The maximum Gasteiger partial charge on any atom is 0.112 e. The standard InChI is InChI=1S/C13H17N3S.2ClH/c1-13(2,12-15-6-7-17-12)16-9-10-4-3-5-11(14)8-10;;/h3-8,16H,9,14H2,1-2H3;2*1H. The van der Waals surface area contributed by atoms with Crippen LogP contribution in [0, 0.1) is 0 Å². The van der Waals surface area contributed by atoms with Crippen molar-refractivity contribution < 1.29 is 0 Å². The van der Waals surface area contributed by atoms with E-state index in [0.29, 0.717) is 0 Å². The molecule has 3 nitrogen and oxygen atoms in total. The predicted molar refractivity (Wildman–Crippen MR) is 87.3 cm³/mol. The van der Waals surface area contributed by atoms with Gasteiger partial charge in [-0.25, -0.2) is 4.98 Å². The SMILES string of the molecule is CC(C)(NCc1cccc(N)c1)c1nccs1.Cl.Cl. The van der Waals surface area contributed by atoms with Crippen molar-refractivity contribution in [2.45, 2.75) is 25.9 Å². The molecule has 0 radical (unpaired) electrons. The van der Waals surface area contributed by atoms with E-state index in [2.05, 4.69) is 30.2 Å². The van der Waals surface area contributed by atoms with Crippen molar-refractivity contribution >= 4 is 41.8 Å². The molecule has 0 aliphatic carbocycles. The van der Waals surface area contributed by atoms with Crippen LogP contribution in [0.25, 0.3) is 0 Å². The molecule has 0 saturated heterocycles. The number of nitrogen functional groups attached to an aromatic ring is 1. The van der Waals surface area contributed by atoms with Crippen molar-refractivity contribution in [2.75, 3.05) is 5.73 Å². The second-order valence-corrected chi connectivity index (χ2v) is 5.46. The minimum atomic E-state index is -0.112. The molecule has 1 aromatic heterocycles. The third-order valence-corrected chi connectivity index (χ3v) is 3.75. The molecule has 0 aliphatic rings. The minimum Gasteiger partial charge on any atom is -0.399 e. The number of rotatable bonds is 4. The number of nitrogens with zero attached hydrogens (tertiary/aromatic N) is 1. The molecule has 0 spiro atoms. The first-order valence-electron chi connectivity index (χ1n) is 5.57. The van der Waals surface area contributed by atoms with Crippen molar-refractivity contribution in [1.82, 2.24) is 10.3 Å². The zero-order valence-corrected chi connectivity index (χ0v) is 13.4. The second kappa shape index (κ2) is 7.70. The number of nitrogens with two attached hydrogens (primary N) is 1. The van der Waals surface area contributed by atoms with Crippen molar-refractivity contribution in [2.24, 2.45) is 0 Å². The second-order valence-electron chi connectivity index (χ2n) is 4.56. The van der Waals surface area contributed by atoms with Gasteiger partial charge in [0.2, 0.25) is 0 Å². The van der Waals surface area contributed by atoms with Crippen molar-refractivity contribution in [3.63, 3.8) is 0 Å². The average molecular weight is 320 g/mol. The molecule has 106 valence electrons. The highest BCUT2D eigenvalue weighted by molar-refractivity contribution is 7.09. The Morgan fingerprint density at radius 3 is 2.63 bits per heavy atom. The van der Waals surface area contributed by atoms with Gasteiger partial charge < -0.3 is 11.1 Å². The van der Waals surface area contributed by atoms with Crippen LogP contribution in [0.1, 0.15) is 24.4 Å². The summed E-state index contributed by atoms with van der Waals surface area (Å²) in [6, 6.07) is 7.93. The summed E-state index contributed by atoms with van der Waals surface area (Å²) in [6.07, 6.45) is 1.84. The zero-order valence-electron chi connectivity index (χ0n) is 10.9. The quantitative estimate of drug-likeness (QED) is 0.847. The van der Waals surface area contributed by atoms with E-state index in [-0.39, 0.29) is 30.4 Å². The fraction of sp³-hybridized carbons (Fsp3) is 0.308. The van der Waals surface area contributed by atoms with Crippen molar-refractivity contribution in [1.29, 1.82) is 0 Å². The highest BCUT2D eigenvalue weighted by Crippen LogP contribution is 2.22. The lowest BCUT2D eigenvalue weighted by Crippen LogP contribution is -2.35. The Kier molecular flexibility index (Phi) is 7.37. The van der Waals surface area contributed by atoms with Crippen LogP contribution in [0.15, 0.2) is 35.8 Å². The molecule has 0 unspecified atom stereocenters. The predicted octanol–water partition coefficient (Wildman–Crippen LogP) is 3.59. The molecule has 1 heterocycles. The minimum absolute atomic E-state index is 0. The number of hydrogen-bond acceptors (Lipinski definition) is 4. The Hall–Kier alpha value is -0.810. The summed E-state index contributed by atoms with van der Waals surface area (Å²) in [5.41, 5.74) is 7.63. The van der Waals surface area contributed by atoms with E-state index in [9.17, 15) is 0 Å². The number of nitrogens with one attached hydrogen (secondary N) is 1. The summed E-state index contributed by atoms with van der Waals surface area (Å²) in [5.74, 6) is 0. The molecule has 3 N–H and O–H groups in total. The third kappa shape index (κ3) is 4.99. The smallest absolute Gasteiger partial charge is 0.112 e. The van der Waals surface area contributed by atoms with Crippen LogP contribution in [-0.4, -0.2) is 4.98 Å². The summed E-state index contributed by atoms with van der Waals surface area (Å²) in [4.78, 5) is 4.35. The van der Waals surface area contributed by atoms with E-state index >= 15 is 0 Å². The van der Waals surface area contributed by atoms with Crippen LogP contribution in [0.5, 0.6) is 0 Å². The van der Waals surface area contributed by atoms with Crippen LogP contribution < -0.4 is 11.1 Å². The van der Waals surface area contributed by atoms with Gasteiger partial charge in [0.25, 0.3) is 0 Å². The Morgan fingerprint density at radius 1 is 1.32 bits per heavy atom. The Balaban J connectivity index is 0.00000162. The van der Waals surface area contributed by atoms with Crippen LogP contribution in [0.3, 0.4) is 0 Å². The Bertz CT molecular complexity index is 486. The van der Waals surface area contributed by atoms with Crippen molar-refractivity contribution in [3.8, 4) is 0 Å². The van der Waals surface area contributed by atoms with Gasteiger partial charge in [0.15, 0.2) is 0 Å². The fourth-order valence-corrected chi connectivity index (χ4v) is 2.37. The topological polar surface area (TPSA) is 50.9 Å². The van der Waals surface area contributed by atoms with Gasteiger partial charge in [0, 0.05) is 23.8 Å². The first kappa shape index (κ1) is 18.2. The van der Waals surface area contributed by atoms with Gasteiger partial charge in [0.1, 0.15) is 5.01 Å². The van der Waals surface area contributed by atoms with Gasteiger partial charge in [0.05, 0.1) is 5.54 Å². The Labute approximate surface area is 130 Å².